The lowest BCUT2D eigenvalue weighted by atomic mass is 9.98. The lowest BCUT2D eigenvalue weighted by Gasteiger charge is -2.01. The molecule has 1 aliphatic carbocycles. The van der Waals surface area contributed by atoms with Crippen LogP contribution in [0, 0.1) is 68.0 Å². The molecule has 4 nitrogen and oxygen atoms in total. The molecule has 0 unspecified atom stereocenters. The maximum atomic E-state index is 8.96. The second-order valence-electron chi connectivity index (χ2n) is 4.25. The molecule has 74 valence electrons. The second-order valence-corrected chi connectivity index (χ2v) is 4.25. The molecule has 0 saturated heterocycles. The number of hydrogen-bond acceptors (Lipinski definition) is 4. The Bertz CT molecular complexity index is 369. The van der Waals surface area contributed by atoms with Crippen LogP contribution >= 0.6 is 0 Å². The number of nitriles is 4. The Morgan fingerprint density at radius 1 is 0.933 bits per heavy atom. The minimum atomic E-state index is -1.42. The van der Waals surface area contributed by atoms with Crippen molar-refractivity contribution in [2.75, 3.05) is 0 Å². The standard InChI is InChI=1S/C11H10N4/c1-8(2)3-9-10(4-12,5-13)11(9,6-14)7-15/h8-9H,3H2,1-2H3. The van der Waals surface area contributed by atoms with Crippen molar-refractivity contribution in [3.63, 3.8) is 0 Å². The summed E-state index contributed by atoms with van der Waals surface area (Å²) in [6, 6.07) is 7.38. The molecule has 1 aliphatic rings. The fourth-order valence-electron chi connectivity index (χ4n) is 2.09. The third-order valence-corrected chi connectivity index (χ3v) is 3.00. The van der Waals surface area contributed by atoms with Crippen molar-refractivity contribution < 1.29 is 0 Å². The zero-order valence-electron chi connectivity index (χ0n) is 8.65. The van der Waals surface area contributed by atoms with Crippen LogP contribution in [0.5, 0.6) is 0 Å². The molecular weight excluding hydrogens is 188 g/mol. The van der Waals surface area contributed by atoms with Gasteiger partial charge in [0.1, 0.15) is 0 Å². The minimum absolute atomic E-state index is 0.264. The highest BCUT2D eigenvalue weighted by molar-refractivity contribution is 5.50. The average Bonchev–Trinajstić information content (AvgIpc) is 2.79. The lowest BCUT2D eigenvalue weighted by molar-refractivity contribution is 0.498. The van der Waals surface area contributed by atoms with Gasteiger partial charge >= 0.3 is 0 Å². The summed E-state index contributed by atoms with van der Waals surface area (Å²) in [5, 5.41) is 35.9. The smallest absolute Gasteiger partial charge is 0.181 e. The molecule has 0 amide bonds. The van der Waals surface area contributed by atoms with E-state index in [-0.39, 0.29) is 5.92 Å². The van der Waals surface area contributed by atoms with Gasteiger partial charge in [-0.1, -0.05) is 13.8 Å². The van der Waals surface area contributed by atoms with Gasteiger partial charge < -0.3 is 0 Å². The van der Waals surface area contributed by atoms with Gasteiger partial charge in [-0.25, -0.2) is 0 Å². The third kappa shape index (κ3) is 1.09. The quantitative estimate of drug-likeness (QED) is 0.674. The number of nitrogens with zero attached hydrogens (tertiary/aromatic N) is 4. The number of hydrogen-bond donors (Lipinski definition) is 0. The van der Waals surface area contributed by atoms with E-state index in [9.17, 15) is 0 Å². The predicted octanol–water partition coefficient (Wildman–Crippen LogP) is 1.73. The highest BCUT2D eigenvalue weighted by atomic mass is 14.8. The molecule has 0 radical (unpaired) electrons. The molecule has 0 spiro atoms. The summed E-state index contributed by atoms with van der Waals surface area (Å²) in [6.07, 6.45) is 0.558. The fraction of sp³-hybridized carbons (Fsp3) is 0.636. The SMILES string of the molecule is CC(C)CC1C(C#N)(C#N)C1(C#N)C#N. The van der Waals surface area contributed by atoms with Gasteiger partial charge in [0.05, 0.1) is 24.3 Å². The van der Waals surface area contributed by atoms with Crippen molar-refractivity contribution in [3.05, 3.63) is 0 Å². The van der Waals surface area contributed by atoms with Crippen LogP contribution in [0.4, 0.5) is 0 Å². The summed E-state index contributed by atoms with van der Waals surface area (Å²) in [4.78, 5) is 0. The Kier molecular flexibility index (Phi) is 2.41. The van der Waals surface area contributed by atoms with Gasteiger partial charge in [-0.15, -0.1) is 0 Å². The Hall–Kier alpha value is -2.04. The van der Waals surface area contributed by atoms with Gasteiger partial charge in [0.2, 0.25) is 0 Å². The van der Waals surface area contributed by atoms with Gasteiger partial charge in [0.15, 0.2) is 10.8 Å². The summed E-state index contributed by atoms with van der Waals surface area (Å²) in [5.41, 5.74) is -2.83. The van der Waals surface area contributed by atoms with Gasteiger partial charge in [-0.3, -0.25) is 0 Å². The van der Waals surface area contributed by atoms with E-state index >= 15 is 0 Å². The van der Waals surface area contributed by atoms with Crippen LogP contribution < -0.4 is 0 Å². The monoisotopic (exact) mass is 198 g/mol. The van der Waals surface area contributed by atoms with Crippen molar-refractivity contribution in [2.45, 2.75) is 20.3 Å². The molecule has 0 aromatic rings. The van der Waals surface area contributed by atoms with Gasteiger partial charge in [-0.2, -0.15) is 21.0 Å². The highest BCUT2D eigenvalue weighted by Gasteiger charge is 2.80. The topological polar surface area (TPSA) is 95.2 Å². The largest absolute Gasteiger partial charge is 0.196 e. The van der Waals surface area contributed by atoms with Crippen LogP contribution in [-0.4, -0.2) is 0 Å². The fourth-order valence-corrected chi connectivity index (χ4v) is 2.09. The van der Waals surface area contributed by atoms with Gasteiger partial charge in [0, 0.05) is 5.92 Å². The Balaban J connectivity index is 3.14. The first-order valence-electron chi connectivity index (χ1n) is 4.69. The zero-order valence-corrected chi connectivity index (χ0v) is 8.65. The van der Waals surface area contributed by atoms with E-state index in [4.69, 9.17) is 21.0 Å². The summed E-state index contributed by atoms with van der Waals surface area (Å²) >= 11 is 0. The minimum Gasteiger partial charge on any atom is -0.196 e. The van der Waals surface area contributed by atoms with Crippen molar-refractivity contribution in [1.82, 2.24) is 0 Å². The molecule has 0 atom stereocenters. The van der Waals surface area contributed by atoms with E-state index in [1.165, 1.54) is 0 Å². The van der Waals surface area contributed by atoms with Crippen molar-refractivity contribution in [3.8, 4) is 24.3 Å². The maximum absolute atomic E-state index is 8.96. The first kappa shape index (κ1) is 11.0. The zero-order chi connectivity index (χ0) is 11.7. The van der Waals surface area contributed by atoms with Crippen LogP contribution in [0.2, 0.25) is 0 Å². The molecule has 1 rings (SSSR count). The summed E-state index contributed by atoms with van der Waals surface area (Å²) in [6.45, 7) is 3.88. The van der Waals surface area contributed by atoms with Crippen LogP contribution in [0.3, 0.4) is 0 Å². The lowest BCUT2D eigenvalue weighted by Crippen LogP contribution is -2.05. The Morgan fingerprint density at radius 2 is 1.27 bits per heavy atom. The summed E-state index contributed by atoms with van der Waals surface area (Å²) in [7, 11) is 0. The molecule has 0 aromatic carbocycles. The summed E-state index contributed by atoms with van der Waals surface area (Å²) in [5.74, 6) is -0.172. The van der Waals surface area contributed by atoms with Crippen molar-refractivity contribution >= 4 is 0 Å². The van der Waals surface area contributed by atoms with E-state index in [1.807, 2.05) is 38.1 Å². The molecule has 1 saturated carbocycles. The highest BCUT2D eigenvalue weighted by Crippen LogP contribution is 2.70. The molecule has 1 fully saturated rings. The first-order valence-corrected chi connectivity index (χ1v) is 4.69. The van der Waals surface area contributed by atoms with Crippen molar-refractivity contribution in [2.24, 2.45) is 22.7 Å². The Labute approximate surface area is 89.0 Å². The van der Waals surface area contributed by atoms with Crippen LogP contribution in [0.15, 0.2) is 0 Å². The normalized spacial score (nSPS) is 20.7. The average molecular weight is 198 g/mol. The van der Waals surface area contributed by atoms with Crippen LogP contribution in [-0.2, 0) is 0 Å². The molecule has 0 bridgehead atoms. The molecule has 0 aliphatic heterocycles. The maximum Gasteiger partial charge on any atom is 0.181 e. The van der Waals surface area contributed by atoms with E-state index in [2.05, 4.69) is 0 Å². The van der Waals surface area contributed by atoms with E-state index < -0.39 is 16.7 Å². The van der Waals surface area contributed by atoms with Gasteiger partial charge in [-0.05, 0) is 12.3 Å². The molecule has 15 heavy (non-hydrogen) atoms. The summed E-state index contributed by atoms with van der Waals surface area (Å²) < 4.78 is 0. The molecule has 0 N–H and O–H groups in total. The number of rotatable bonds is 2. The van der Waals surface area contributed by atoms with Gasteiger partial charge in [0.25, 0.3) is 0 Å². The molecule has 4 heteroatoms. The molecule has 0 aromatic heterocycles. The van der Waals surface area contributed by atoms with Crippen LogP contribution in [0.25, 0.3) is 0 Å². The van der Waals surface area contributed by atoms with Crippen LogP contribution in [0.1, 0.15) is 20.3 Å². The Morgan fingerprint density at radius 3 is 1.47 bits per heavy atom. The second kappa shape index (κ2) is 3.27. The predicted molar refractivity (Wildman–Crippen MR) is 50.3 cm³/mol. The molecular formula is C11H10N4. The van der Waals surface area contributed by atoms with Crippen molar-refractivity contribution in [1.29, 1.82) is 21.0 Å². The first-order chi connectivity index (χ1) is 7.04. The van der Waals surface area contributed by atoms with E-state index in [1.54, 1.807) is 0 Å². The molecule has 0 heterocycles. The third-order valence-electron chi connectivity index (χ3n) is 3.00. The van der Waals surface area contributed by atoms with E-state index in [0.29, 0.717) is 6.42 Å². The van der Waals surface area contributed by atoms with E-state index in [0.717, 1.165) is 0 Å².